The molecule has 58 heavy (non-hydrogen) atoms. The van der Waals surface area contributed by atoms with Crippen molar-refractivity contribution in [3.63, 3.8) is 0 Å². The molecule has 0 N–H and O–H groups in total. The van der Waals surface area contributed by atoms with Crippen molar-refractivity contribution in [3.8, 4) is 28.3 Å². The maximum Gasteiger partial charge on any atom is 0.227 e. The van der Waals surface area contributed by atoms with E-state index >= 15 is 0 Å². The summed E-state index contributed by atoms with van der Waals surface area (Å²) in [4.78, 5) is 7.30. The molecule has 0 radical (unpaired) electrons. The van der Waals surface area contributed by atoms with E-state index in [1.807, 2.05) is 47.7 Å². The Labute approximate surface area is 338 Å². The number of oxazole rings is 1. The zero-order valence-electron chi connectivity index (χ0n) is 31.2. The fourth-order valence-corrected chi connectivity index (χ4v) is 9.89. The summed E-state index contributed by atoms with van der Waals surface area (Å²) < 4.78 is 11.4. The minimum atomic E-state index is 0.623. The average molecular weight is 760 g/mol. The molecule has 0 fully saturated rings. The van der Waals surface area contributed by atoms with Crippen LogP contribution in [0.4, 0.5) is 17.1 Å². The van der Waals surface area contributed by atoms with Crippen LogP contribution in [0.5, 0.6) is 0 Å². The third-order valence-electron chi connectivity index (χ3n) is 11.4. The molecule has 0 saturated heterocycles. The van der Waals surface area contributed by atoms with Gasteiger partial charge in [-0.15, -0.1) is 11.3 Å². The highest BCUT2D eigenvalue weighted by molar-refractivity contribution is 7.25. The molecule has 0 bridgehead atoms. The zero-order valence-corrected chi connectivity index (χ0v) is 32.0. The molecule has 0 aliphatic carbocycles. The molecule has 4 nitrogen and oxygen atoms in total. The number of anilines is 3. The van der Waals surface area contributed by atoms with E-state index in [2.05, 4.69) is 173 Å². The molecule has 0 saturated carbocycles. The summed E-state index contributed by atoms with van der Waals surface area (Å²) in [6, 6.07) is 71.6. The van der Waals surface area contributed by atoms with Gasteiger partial charge in [0.15, 0.2) is 5.58 Å². The first-order valence-electron chi connectivity index (χ1n) is 19.5. The van der Waals surface area contributed by atoms with Gasteiger partial charge in [0.1, 0.15) is 5.52 Å². The van der Waals surface area contributed by atoms with Crippen LogP contribution in [0.15, 0.2) is 205 Å². The second-order valence-electron chi connectivity index (χ2n) is 14.7. The summed E-state index contributed by atoms with van der Waals surface area (Å²) in [6.07, 6.45) is 0. The molecular formula is C53H33N3OS. The van der Waals surface area contributed by atoms with Gasteiger partial charge in [0.25, 0.3) is 0 Å². The summed E-state index contributed by atoms with van der Waals surface area (Å²) in [6.45, 7) is 0. The standard InChI is InChI=1S/C53H33N3OS/c1-3-14-35(15-4-1)53-54-45-23-13-22-39(52(45)57-53)34-26-28-37(29-27-34)55(38-30-31-50-44(32-38)41-19-10-12-25-49(41)58-50)47-33-48-51(42-20-8-7-18-40(42)47)43-21-9-11-24-46(43)56(48)36-16-5-2-6-17-36/h1-33H. The molecular weight excluding hydrogens is 727 g/mol. The Morgan fingerprint density at radius 1 is 0.466 bits per heavy atom. The summed E-state index contributed by atoms with van der Waals surface area (Å²) in [7, 11) is 0. The molecule has 12 aromatic rings. The van der Waals surface area contributed by atoms with Gasteiger partial charge in [0.2, 0.25) is 5.89 Å². The topological polar surface area (TPSA) is 34.2 Å². The first kappa shape index (κ1) is 32.7. The van der Waals surface area contributed by atoms with Gasteiger partial charge in [0.05, 0.1) is 16.7 Å². The Kier molecular flexibility index (Phi) is 7.37. The van der Waals surface area contributed by atoms with E-state index in [0.717, 1.165) is 56.1 Å². The molecule has 0 atom stereocenters. The van der Waals surface area contributed by atoms with Gasteiger partial charge >= 0.3 is 0 Å². The predicted molar refractivity (Wildman–Crippen MR) is 244 cm³/mol. The van der Waals surface area contributed by atoms with Crippen LogP contribution in [-0.2, 0) is 0 Å². The Morgan fingerprint density at radius 3 is 1.97 bits per heavy atom. The largest absolute Gasteiger partial charge is 0.435 e. The molecule has 3 heterocycles. The number of nitrogens with zero attached hydrogens (tertiary/aromatic N) is 3. The molecule has 0 amide bonds. The van der Waals surface area contributed by atoms with E-state index in [4.69, 9.17) is 9.40 Å². The van der Waals surface area contributed by atoms with Crippen LogP contribution in [0.3, 0.4) is 0 Å². The average Bonchev–Trinajstić information content (AvgIpc) is 3.99. The molecule has 0 unspecified atom stereocenters. The lowest BCUT2D eigenvalue weighted by atomic mass is 10.00. The number of aromatic nitrogens is 2. The minimum Gasteiger partial charge on any atom is -0.435 e. The third-order valence-corrected chi connectivity index (χ3v) is 12.6. The van der Waals surface area contributed by atoms with E-state index in [0.29, 0.717) is 5.89 Å². The van der Waals surface area contributed by atoms with E-state index in [1.54, 1.807) is 0 Å². The van der Waals surface area contributed by atoms with Gasteiger partial charge in [-0.25, -0.2) is 4.98 Å². The second-order valence-corrected chi connectivity index (χ2v) is 15.8. The number of hydrogen-bond donors (Lipinski definition) is 0. The smallest absolute Gasteiger partial charge is 0.227 e. The van der Waals surface area contributed by atoms with Gasteiger partial charge < -0.3 is 13.9 Å². The summed E-state index contributed by atoms with van der Waals surface area (Å²) in [5.41, 5.74) is 11.4. The van der Waals surface area contributed by atoms with E-state index in [9.17, 15) is 0 Å². The highest BCUT2D eigenvalue weighted by Gasteiger charge is 2.23. The van der Waals surface area contributed by atoms with Gasteiger partial charge in [0, 0.05) is 64.5 Å². The Balaban J connectivity index is 1.10. The second kappa shape index (κ2) is 13.1. The fourth-order valence-electron chi connectivity index (χ4n) is 8.80. The highest BCUT2D eigenvalue weighted by atomic mass is 32.1. The van der Waals surface area contributed by atoms with Crippen molar-refractivity contribution in [1.82, 2.24) is 9.55 Å². The Bertz CT molecular complexity index is 3510. The quantitative estimate of drug-likeness (QED) is 0.169. The van der Waals surface area contributed by atoms with Crippen molar-refractivity contribution in [1.29, 1.82) is 0 Å². The number of rotatable bonds is 6. The van der Waals surface area contributed by atoms with Crippen LogP contribution in [0.1, 0.15) is 0 Å². The lowest BCUT2D eigenvalue weighted by molar-refractivity contribution is 0.621. The first-order valence-corrected chi connectivity index (χ1v) is 20.4. The molecule has 272 valence electrons. The fraction of sp³-hybridized carbons (Fsp3) is 0. The summed E-state index contributed by atoms with van der Waals surface area (Å²) in [5.74, 6) is 0.623. The number of fused-ring (bicyclic) bond motifs is 9. The van der Waals surface area contributed by atoms with Crippen LogP contribution in [0.25, 0.3) is 92.1 Å². The zero-order chi connectivity index (χ0) is 38.2. The van der Waals surface area contributed by atoms with Crippen molar-refractivity contribution in [2.45, 2.75) is 0 Å². The van der Waals surface area contributed by atoms with Crippen molar-refractivity contribution < 1.29 is 4.42 Å². The van der Waals surface area contributed by atoms with Gasteiger partial charge in [-0.2, -0.15) is 0 Å². The highest BCUT2D eigenvalue weighted by Crippen LogP contribution is 2.47. The molecule has 5 heteroatoms. The van der Waals surface area contributed by atoms with Crippen LogP contribution in [-0.4, -0.2) is 9.55 Å². The number of hydrogen-bond acceptors (Lipinski definition) is 4. The predicted octanol–water partition coefficient (Wildman–Crippen LogP) is 15.2. The SMILES string of the molecule is c1ccc(-c2nc3cccc(-c4ccc(N(c5ccc6sc7ccccc7c6c5)c5cc6c(c7ccccc57)c5ccccc5n6-c5ccccc5)cc4)c3o2)cc1. The van der Waals surface area contributed by atoms with E-state index in [-0.39, 0.29) is 0 Å². The van der Waals surface area contributed by atoms with Gasteiger partial charge in [-0.05, 0) is 89.8 Å². The van der Waals surface area contributed by atoms with Crippen LogP contribution >= 0.6 is 11.3 Å². The molecule has 0 spiro atoms. The van der Waals surface area contributed by atoms with Crippen molar-refractivity contribution in [2.75, 3.05) is 4.90 Å². The van der Waals surface area contributed by atoms with Gasteiger partial charge in [-0.1, -0.05) is 121 Å². The van der Waals surface area contributed by atoms with E-state index in [1.165, 1.54) is 47.2 Å². The summed E-state index contributed by atoms with van der Waals surface area (Å²) in [5, 5.41) is 7.43. The summed E-state index contributed by atoms with van der Waals surface area (Å²) >= 11 is 1.84. The lowest BCUT2D eigenvalue weighted by Gasteiger charge is -2.28. The van der Waals surface area contributed by atoms with Gasteiger partial charge in [-0.3, -0.25) is 0 Å². The first-order chi connectivity index (χ1) is 28.8. The third kappa shape index (κ3) is 5.11. The van der Waals surface area contributed by atoms with Crippen molar-refractivity contribution in [3.05, 3.63) is 200 Å². The lowest BCUT2D eigenvalue weighted by Crippen LogP contribution is -2.11. The van der Waals surface area contributed by atoms with Crippen LogP contribution in [0, 0.1) is 0 Å². The normalized spacial score (nSPS) is 11.8. The molecule has 12 rings (SSSR count). The van der Waals surface area contributed by atoms with E-state index < -0.39 is 0 Å². The maximum atomic E-state index is 6.46. The van der Waals surface area contributed by atoms with Crippen LogP contribution < -0.4 is 4.90 Å². The molecule has 9 aromatic carbocycles. The number of para-hydroxylation sites is 3. The van der Waals surface area contributed by atoms with Crippen LogP contribution in [0.2, 0.25) is 0 Å². The Hall–Kier alpha value is -7.47. The molecule has 0 aliphatic heterocycles. The number of benzene rings is 9. The maximum absolute atomic E-state index is 6.46. The monoisotopic (exact) mass is 759 g/mol. The Morgan fingerprint density at radius 2 is 1.14 bits per heavy atom. The van der Waals surface area contributed by atoms with Crippen molar-refractivity contribution in [2.24, 2.45) is 0 Å². The molecule has 3 aromatic heterocycles. The van der Waals surface area contributed by atoms with Crippen molar-refractivity contribution >= 4 is 92.2 Å². The molecule has 0 aliphatic rings. The minimum absolute atomic E-state index is 0.623. The number of thiophene rings is 1.